The van der Waals surface area contributed by atoms with Crippen molar-refractivity contribution < 1.29 is 18.0 Å². The van der Waals surface area contributed by atoms with Crippen molar-refractivity contribution in [3.63, 3.8) is 0 Å². The molecule has 0 spiro atoms. The van der Waals surface area contributed by atoms with E-state index < -0.39 is 16.1 Å². The summed E-state index contributed by atoms with van der Waals surface area (Å²) in [6.45, 7) is 6.52. The molecule has 1 unspecified atom stereocenters. The van der Waals surface area contributed by atoms with Crippen LogP contribution in [0.5, 0.6) is 0 Å². The Bertz CT molecular complexity index is 1020. The van der Waals surface area contributed by atoms with Gasteiger partial charge in [-0.05, 0) is 50.8 Å². The molecular formula is C25H35N3O4S. The highest BCUT2D eigenvalue weighted by atomic mass is 32.2. The van der Waals surface area contributed by atoms with Crippen LogP contribution in [0.15, 0.2) is 54.6 Å². The summed E-state index contributed by atoms with van der Waals surface area (Å²) in [4.78, 5) is 27.2. The van der Waals surface area contributed by atoms with Gasteiger partial charge in [0.1, 0.15) is 6.04 Å². The molecule has 0 fully saturated rings. The molecule has 7 nitrogen and oxygen atoms in total. The number of carbonyl (C=O) groups excluding carboxylic acids is 2. The lowest BCUT2D eigenvalue weighted by Crippen LogP contribution is -2.48. The predicted molar refractivity (Wildman–Crippen MR) is 133 cm³/mol. The van der Waals surface area contributed by atoms with Gasteiger partial charge in [-0.25, -0.2) is 8.42 Å². The Hall–Kier alpha value is -2.87. The maximum atomic E-state index is 13.1. The van der Waals surface area contributed by atoms with Crippen LogP contribution < -0.4 is 9.62 Å². The van der Waals surface area contributed by atoms with Crippen molar-refractivity contribution in [2.75, 3.05) is 30.2 Å². The van der Waals surface area contributed by atoms with Crippen LogP contribution in [-0.2, 0) is 26.0 Å². The first-order chi connectivity index (χ1) is 15.6. The number of nitrogens with zero attached hydrogens (tertiary/aromatic N) is 2. The molecule has 2 aromatic carbocycles. The summed E-state index contributed by atoms with van der Waals surface area (Å²) in [5.41, 5.74) is 2.55. The Kier molecular flexibility index (Phi) is 9.91. The van der Waals surface area contributed by atoms with Crippen molar-refractivity contribution in [3.05, 3.63) is 65.7 Å². The minimum absolute atomic E-state index is 0.149. The number of rotatable bonds is 12. The Morgan fingerprint density at radius 3 is 2.24 bits per heavy atom. The first-order valence-corrected chi connectivity index (χ1v) is 13.1. The highest BCUT2D eigenvalue weighted by Crippen LogP contribution is 2.22. The standard InChI is InChI=1S/C25H35N3O4S/c1-5-26-25(30)21(3)27(19-17-22-13-7-6-8-14-22)24(29)16-11-18-28(33(4,31)32)23-15-10-9-12-20(23)2/h6-10,12-15,21H,5,11,16-19H2,1-4H3,(H,26,30). The number of sulfonamides is 1. The summed E-state index contributed by atoms with van der Waals surface area (Å²) < 4.78 is 26.1. The molecule has 0 aliphatic rings. The van der Waals surface area contributed by atoms with Gasteiger partial charge in [-0.3, -0.25) is 13.9 Å². The normalized spacial score (nSPS) is 12.1. The van der Waals surface area contributed by atoms with E-state index in [-0.39, 0.29) is 24.8 Å². The summed E-state index contributed by atoms with van der Waals surface area (Å²) in [5, 5.41) is 2.78. The van der Waals surface area contributed by atoms with E-state index in [1.54, 1.807) is 24.0 Å². The summed E-state index contributed by atoms with van der Waals surface area (Å²) in [6, 6.07) is 16.5. The number of aryl methyl sites for hydroxylation is 1. The first-order valence-electron chi connectivity index (χ1n) is 11.3. The molecule has 8 heteroatoms. The van der Waals surface area contributed by atoms with Gasteiger partial charge in [-0.1, -0.05) is 48.5 Å². The van der Waals surface area contributed by atoms with Crippen molar-refractivity contribution in [1.82, 2.24) is 10.2 Å². The lowest BCUT2D eigenvalue weighted by atomic mass is 10.1. The van der Waals surface area contributed by atoms with Crippen molar-refractivity contribution in [2.45, 2.75) is 46.1 Å². The Morgan fingerprint density at radius 2 is 1.64 bits per heavy atom. The van der Waals surface area contributed by atoms with Crippen molar-refractivity contribution >= 4 is 27.5 Å². The summed E-state index contributed by atoms with van der Waals surface area (Å²) in [5.74, 6) is -0.362. The average molecular weight is 474 g/mol. The third kappa shape index (κ3) is 7.89. The maximum Gasteiger partial charge on any atom is 0.242 e. The van der Waals surface area contributed by atoms with Crippen LogP contribution in [0.3, 0.4) is 0 Å². The molecule has 0 radical (unpaired) electrons. The molecule has 0 bridgehead atoms. The van der Waals surface area contributed by atoms with Gasteiger partial charge < -0.3 is 10.2 Å². The molecule has 0 aliphatic carbocycles. The molecule has 0 aromatic heterocycles. The molecule has 0 aliphatic heterocycles. The van der Waals surface area contributed by atoms with Gasteiger partial charge in [0.15, 0.2) is 0 Å². The zero-order valence-corrected chi connectivity index (χ0v) is 20.8. The van der Waals surface area contributed by atoms with E-state index in [4.69, 9.17) is 0 Å². The second kappa shape index (κ2) is 12.4. The van der Waals surface area contributed by atoms with E-state index in [0.717, 1.165) is 11.1 Å². The highest BCUT2D eigenvalue weighted by Gasteiger charge is 2.26. The second-order valence-electron chi connectivity index (χ2n) is 8.12. The molecule has 0 saturated carbocycles. The van der Waals surface area contributed by atoms with E-state index in [1.807, 2.05) is 56.3 Å². The van der Waals surface area contributed by atoms with Crippen LogP contribution in [-0.4, -0.2) is 57.1 Å². The molecule has 2 amide bonds. The maximum absolute atomic E-state index is 13.1. The van der Waals surface area contributed by atoms with Gasteiger partial charge in [0, 0.05) is 26.1 Å². The van der Waals surface area contributed by atoms with Gasteiger partial charge in [0.25, 0.3) is 0 Å². The fraction of sp³-hybridized carbons (Fsp3) is 0.440. The van der Waals surface area contributed by atoms with Crippen molar-refractivity contribution in [3.8, 4) is 0 Å². The van der Waals surface area contributed by atoms with Gasteiger partial charge in [-0.2, -0.15) is 0 Å². The number of hydrogen-bond acceptors (Lipinski definition) is 4. The number of likely N-dealkylation sites (N-methyl/N-ethyl adjacent to an activating group) is 1. The predicted octanol–water partition coefficient (Wildman–Crippen LogP) is 3.14. The van der Waals surface area contributed by atoms with E-state index in [2.05, 4.69) is 5.32 Å². The fourth-order valence-corrected chi connectivity index (χ4v) is 4.74. The van der Waals surface area contributed by atoms with Gasteiger partial charge >= 0.3 is 0 Å². The zero-order chi connectivity index (χ0) is 24.4. The molecule has 0 saturated heterocycles. The monoisotopic (exact) mass is 473 g/mol. The SMILES string of the molecule is CCNC(=O)C(C)N(CCc1ccccc1)C(=O)CCCN(c1ccccc1C)S(C)(=O)=O. The van der Waals surface area contributed by atoms with Crippen LogP contribution in [0.2, 0.25) is 0 Å². The third-order valence-electron chi connectivity index (χ3n) is 5.54. The number of amides is 2. The topological polar surface area (TPSA) is 86.8 Å². The van der Waals surface area contributed by atoms with Crippen LogP contribution in [0.25, 0.3) is 0 Å². The van der Waals surface area contributed by atoms with E-state index >= 15 is 0 Å². The van der Waals surface area contributed by atoms with E-state index in [9.17, 15) is 18.0 Å². The number of nitrogens with one attached hydrogen (secondary N) is 1. The summed E-state index contributed by atoms with van der Waals surface area (Å²) in [7, 11) is -3.50. The number of hydrogen-bond donors (Lipinski definition) is 1. The van der Waals surface area contributed by atoms with Gasteiger partial charge in [0.2, 0.25) is 21.8 Å². The van der Waals surface area contributed by atoms with Crippen LogP contribution in [0, 0.1) is 6.92 Å². The average Bonchev–Trinajstić information content (AvgIpc) is 2.77. The van der Waals surface area contributed by atoms with E-state index in [0.29, 0.717) is 31.6 Å². The number of para-hydroxylation sites is 1. The highest BCUT2D eigenvalue weighted by molar-refractivity contribution is 7.92. The van der Waals surface area contributed by atoms with Crippen molar-refractivity contribution in [1.29, 1.82) is 0 Å². The number of carbonyl (C=O) groups is 2. The Morgan fingerprint density at radius 1 is 1.00 bits per heavy atom. The largest absolute Gasteiger partial charge is 0.355 e. The summed E-state index contributed by atoms with van der Waals surface area (Å²) >= 11 is 0. The minimum atomic E-state index is -3.50. The molecule has 2 rings (SSSR count). The molecular weight excluding hydrogens is 438 g/mol. The van der Waals surface area contributed by atoms with Crippen molar-refractivity contribution in [2.24, 2.45) is 0 Å². The zero-order valence-electron chi connectivity index (χ0n) is 20.0. The second-order valence-corrected chi connectivity index (χ2v) is 10.0. The smallest absolute Gasteiger partial charge is 0.242 e. The van der Waals surface area contributed by atoms with E-state index in [1.165, 1.54) is 10.6 Å². The van der Waals surface area contributed by atoms with Gasteiger partial charge in [0.05, 0.1) is 11.9 Å². The quantitative estimate of drug-likeness (QED) is 0.513. The van der Waals surface area contributed by atoms with Crippen LogP contribution >= 0.6 is 0 Å². The molecule has 1 N–H and O–H groups in total. The molecule has 180 valence electrons. The lowest BCUT2D eigenvalue weighted by molar-refractivity contribution is -0.139. The fourth-order valence-electron chi connectivity index (χ4n) is 3.72. The van der Waals surface area contributed by atoms with Gasteiger partial charge in [-0.15, -0.1) is 0 Å². The molecule has 0 heterocycles. The Labute approximate surface area is 197 Å². The van der Waals surface area contributed by atoms with Crippen LogP contribution in [0.1, 0.15) is 37.8 Å². The number of benzene rings is 2. The summed E-state index contributed by atoms with van der Waals surface area (Å²) in [6.07, 6.45) is 2.31. The minimum Gasteiger partial charge on any atom is -0.355 e. The first kappa shape index (κ1) is 26.4. The number of anilines is 1. The Balaban J connectivity index is 2.10. The van der Waals surface area contributed by atoms with Crippen LogP contribution in [0.4, 0.5) is 5.69 Å². The third-order valence-corrected chi connectivity index (χ3v) is 6.72. The molecule has 1 atom stereocenters. The lowest BCUT2D eigenvalue weighted by Gasteiger charge is -2.29. The molecule has 33 heavy (non-hydrogen) atoms. The molecule has 2 aromatic rings.